The van der Waals surface area contributed by atoms with Crippen molar-refractivity contribution in [2.75, 3.05) is 37.3 Å². The van der Waals surface area contributed by atoms with Crippen LogP contribution in [-0.2, 0) is 25.9 Å². The fourth-order valence-electron chi connectivity index (χ4n) is 6.57. The minimum Gasteiger partial charge on any atom is -0.332 e. The molecule has 9 heteroatoms. The normalized spacial score (nSPS) is 11.0. The minimum atomic E-state index is 0.888. The SMILES string of the molecule is CCN(CCc1ccc(Nc2nc(-c3ccccc3)cs2)cc1)Cc1ccccc1.CN(CCc1ccc(Nc2ncc(-c3cccnc3)s2)cc1)Cc1ccccc1. The third kappa shape index (κ3) is 13.0. The van der Waals surface area contributed by atoms with Crippen molar-refractivity contribution in [3.63, 3.8) is 0 Å². The predicted molar refractivity (Wildman–Crippen MR) is 250 cm³/mol. The molecule has 0 saturated heterocycles. The van der Waals surface area contributed by atoms with Gasteiger partial charge in [-0.2, -0.15) is 0 Å². The van der Waals surface area contributed by atoms with Gasteiger partial charge in [0, 0.05) is 72.7 Å². The fourth-order valence-corrected chi connectivity index (χ4v) is 8.14. The maximum absolute atomic E-state index is 4.71. The molecular formula is C50H51N7S2. The first-order valence-corrected chi connectivity index (χ1v) is 21.8. The van der Waals surface area contributed by atoms with E-state index in [4.69, 9.17) is 4.98 Å². The smallest absolute Gasteiger partial charge is 0.187 e. The van der Waals surface area contributed by atoms with Crippen LogP contribution < -0.4 is 10.6 Å². The largest absolute Gasteiger partial charge is 0.332 e. The number of thiazole rings is 2. The van der Waals surface area contributed by atoms with Gasteiger partial charge in [0.1, 0.15) is 0 Å². The maximum atomic E-state index is 4.71. The van der Waals surface area contributed by atoms with E-state index in [1.807, 2.05) is 42.7 Å². The minimum absolute atomic E-state index is 0.888. The van der Waals surface area contributed by atoms with Crippen LogP contribution in [0.3, 0.4) is 0 Å². The monoisotopic (exact) mass is 813 g/mol. The van der Waals surface area contributed by atoms with Crippen LogP contribution in [0, 0.1) is 0 Å². The molecule has 0 aliphatic carbocycles. The molecule has 0 bridgehead atoms. The average molecular weight is 814 g/mol. The molecule has 0 amide bonds. The number of aromatic nitrogens is 3. The van der Waals surface area contributed by atoms with Crippen LogP contribution in [0.2, 0.25) is 0 Å². The van der Waals surface area contributed by atoms with Crippen molar-refractivity contribution >= 4 is 44.3 Å². The maximum Gasteiger partial charge on any atom is 0.187 e. The molecule has 0 atom stereocenters. The highest BCUT2D eigenvalue weighted by Crippen LogP contribution is 2.30. The summed E-state index contributed by atoms with van der Waals surface area (Å²) in [6, 6.07) is 52.9. The van der Waals surface area contributed by atoms with Crippen molar-refractivity contribution in [2.24, 2.45) is 0 Å². The van der Waals surface area contributed by atoms with E-state index in [9.17, 15) is 0 Å². The van der Waals surface area contributed by atoms with E-state index >= 15 is 0 Å². The van der Waals surface area contributed by atoms with Crippen LogP contribution in [0.1, 0.15) is 29.2 Å². The molecule has 0 fully saturated rings. The van der Waals surface area contributed by atoms with Gasteiger partial charge in [0.05, 0.1) is 10.6 Å². The van der Waals surface area contributed by atoms with E-state index in [1.165, 1.54) is 22.3 Å². The lowest BCUT2D eigenvalue weighted by Gasteiger charge is -2.20. The molecule has 0 unspecified atom stereocenters. The van der Waals surface area contributed by atoms with Crippen LogP contribution in [0.25, 0.3) is 21.7 Å². The van der Waals surface area contributed by atoms with Crippen LogP contribution in [-0.4, -0.2) is 51.4 Å². The molecule has 0 aliphatic rings. The van der Waals surface area contributed by atoms with E-state index < -0.39 is 0 Å². The highest BCUT2D eigenvalue weighted by molar-refractivity contribution is 7.19. The molecule has 0 saturated carbocycles. The third-order valence-corrected chi connectivity index (χ3v) is 11.6. The van der Waals surface area contributed by atoms with Gasteiger partial charge >= 0.3 is 0 Å². The Hall–Kier alpha value is -5.97. The summed E-state index contributed by atoms with van der Waals surface area (Å²) in [6.07, 6.45) is 7.62. The van der Waals surface area contributed by atoms with Gasteiger partial charge < -0.3 is 15.5 Å². The van der Waals surface area contributed by atoms with Crippen LogP contribution in [0.4, 0.5) is 21.6 Å². The summed E-state index contributed by atoms with van der Waals surface area (Å²) in [4.78, 5) is 19.3. The second-order valence-corrected chi connectivity index (χ2v) is 16.3. The van der Waals surface area contributed by atoms with Gasteiger partial charge in [-0.15, -0.1) is 11.3 Å². The van der Waals surface area contributed by atoms with E-state index in [1.54, 1.807) is 28.9 Å². The first-order chi connectivity index (χ1) is 29.1. The Balaban J connectivity index is 0.000000179. The van der Waals surface area contributed by atoms with Crippen molar-refractivity contribution in [1.29, 1.82) is 0 Å². The van der Waals surface area contributed by atoms with Gasteiger partial charge in [-0.3, -0.25) is 9.88 Å². The van der Waals surface area contributed by atoms with E-state index in [-0.39, 0.29) is 0 Å². The number of nitrogens with one attached hydrogen (secondary N) is 2. The molecule has 298 valence electrons. The zero-order valence-corrected chi connectivity index (χ0v) is 35.4. The summed E-state index contributed by atoms with van der Waals surface area (Å²) < 4.78 is 0. The number of hydrogen-bond acceptors (Lipinski definition) is 9. The summed E-state index contributed by atoms with van der Waals surface area (Å²) in [5, 5.41) is 10.7. The van der Waals surface area contributed by atoms with Gasteiger partial charge in [0.25, 0.3) is 0 Å². The summed E-state index contributed by atoms with van der Waals surface area (Å²) in [5.74, 6) is 0. The van der Waals surface area contributed by atoms with Crippen molar-refractivity contribution < 1.29 is 0 Å². The number of benzene rings is 5. The Morgan fingerprint density at radius 3 is 1.75 bits per heavy atom. The molecule has 2 N–H and O–H groups in total. The Morgan fingerprint density at radius 1 is 0.559 bits per heavy atom. The van der Waals surface area contributed by atoms with E-state index in [0.717, 1.165) is 88.9 Å². The molecule has 59 heavy (non-hydrogen) atoms. The molecule has 3 aromatic heterocycles. The van der Waals surface area contributed by atoms with Crippen LogP contribution >= 0.6 is 22.7 Å². The number of likely N-dealkylation sites (N-methyl/N-ethyl adjacent to an activating group) is 2. The van der Waals surface area contributed by atoms with Crippen molar-refractivity contribution in [2.45, 2.75) is 32.9 Å². The highest BCUT2D eigenvalue weighted by atomic mass is 32.1. The number of anilines is 4. The highest BCUT2D eigenvalue weighted by Gasteiger charge is 2.08. The molecule has 8 aromatic rings. The van der Waals surface area contributed by atoms with E-state index in [2.05, 4.69) is 171 Å². The third-order valence-electron chi connectivity index (χ3n) is 9.93. The van der Waals surface area contributed by atoms with Crippen molar-refractivity contribution in [3.05, 3.63) is 198 Å². The topological polar surface area (TPSA) is 69.2 Å². The van der Waals surface area contributed by atoms with Gasteiger partial charge in [-0.05, 0) is 79.0 Å². The first kappa shape index (κ1) is 41.2. The average Bonchev–Trinajstić information content (AvgIpc) is 3.97. The van der Waals surface area contributed by atoms with Crippen LogP contribution in [0.5, 0.6) is 0 Å². The predicted octanol–water partition coefficient (Wildman–Crippen LogP) is 12.2. The van der Waals surface area contributed by atoms with Gasteiger partial charge in [-0.25, -0.2) is 9.97 Å². The van der Waals surface area contributed by atoms with Gasteiger partial charge in [0.2, 0.25) is 0 Å². The molecule has 0 aliphatic heterocycles. The number of pyridine rings is 1. The zero-order chi connectivity index (χ0) is 40.5. The number of hydrogen-bond donors (Lipinski definition) is 2. The lowest BCUT2D eigenvalue weighted by molar-refractivity contribution is 0.283. The molecule has 0 spiro atoms. The quantitative estimate of drug-likeness (QED) is 0.0949. The van der Waals surface area contributed by atoms with Gasteiger partial charge in [0.15, 0.2) is 10.3 Å². The van der Waals surface area contributed by atoms with Gasteiger partial charge in [-0.1, -0.05) is 140 Å². The second-order valence-electron chi connectivity index (χ2n) is 14.4. The summed E-state index contributed by atoms with van der Waals surface area (Å²) in [5.41, 5.74) is 10.8. The Morgan fingerprint density at radius 2 is 1.14 bits per heavy atom. The molecule has 5 aromatic carbocycles. The molecular weight excluding hydrogens is 763 g/mol. The Bertz CT molecular complexity index is 2380. The Kier molecular flexibility index (Phi) is 15.1. The standard InChI is InChI=1S/C26H27N3S.C24H24N4S/c1-2-29(19-22-9-5-3-6-10-22)18-17-21-13-15-24(16-14-21)27-26-28-25(20-30-26)23-11-7-4-8-12-23;1-28(18-20-6-3-2-4-7-20)15-13-19-9-11-22(12-10-19)27-24-26-17-23(29-24)21-8-5-14-25-16-21/h3-16,20H,2,17-19H2,1H3,(H,27,28);2-12,14,16-17H,13,15,18H2,1H3,(H,26,27). The molecule has 3 heterocycles. The van der Waals surface area contributed by atoms with Crippen molar-refractivity contribution in [1.82, 2.24) is 24.8 Å². The lowest BCUT2D eigenvalue weighted by Crippen LogP contribution is -2.25. The fraction of sp³-hybridized carbons (Fsp3) is 0.180. The van der Waals surface area contributed by atoms with Crippen molar-refractivity contribution in [3.8, 4) is 21.7 Å². The molecule has 0 radical (unpaired) electrons. The first-order valence-electron chi connectivity index (χ1n) is 20.1. The molecule has 8 rings (SSSR count). The molecule has 7 nitrogen and oxygen atoms in total. The lowest BCUT2D eigenvalue weighted by atomic mass is 10.1. The Labute approximate surface area is 357 Å². The van der Waals surface area contributed by atoms with Crippen LogP contribution in [0.15, 0.2) is 176 Å². The number of rotatable bonds is 17. The summed E-state index contributed by atoms with van der Waals surface area (Å²) in [7, 11) is 2.17. The zero-order valence-electron chi connectivity index (χ0n) is 33.7. The summed E-state index contributed by atoms with van der Waals surface area (Å²) in [6.45, 7) is 7.36. The van der Waals surface area contributed by atoms with E-state index in [0.29, 0.717) is 0 Å². The second kappa shape index (κ2) is 21.7. The number of nitrogens with zero attached hydrogens (tertiary/aromatic N) is 5. The summed E-state index contributed by atoms with van der Waals surface area (Å²) >= 11 is 3.26.